The van der Waals surface area contributed by atoms with Gasteiger partial charge in [0.15, 0.2) is 0 Å². The molecule has 1 saturated heterocycles. The first kappa shape index (κ1) is 19.8. The van der Waals surface area contributed by atoms with E-state index in [0.29, 0.717) is 6.42 Å². The van der Waals surface area contributed by atoms with Crippen molar-refractivity contribution >= 4 is 16.9 Å². The molecule has 30 heavy (non-hydrogen) atoms. The highest BCUT2D eigenvalue weighted by atomic mass is 16.5. The number of aliphatic hydroxyl groups is 1. The Morgan fingerprint density at radius 3 is 2.80 bits per heavy atom. The lowest BCUT2D eigenvalue weighted by Gasteiger charge is -2.52. The molecule has 1 saturated carbocycles. The summed E-state index contributed by atoms with van der Waals surface area (Å²) in [5.41, 5.74) is 3.73. The first-order valence-corrected chi connectivity index (χ1v) is 10.8. The van der Waals surface area contributed by atoms with Crippen molar-refractivity contribution in [3.63, 3.8) is 0 Å². The number of ether oxygens (including phenoxy) is 3. The van der Waals surface area contributed by atoms with E-state index in [1.54, 1.807) is 14.2 Å². The van der Waals surface area contributed by atoms with Crippen molar-refractivity contribution in [3.8, 4) is 5.75 Å². The number of nitrogens with one attached hydrogen (secondary N) is 1. The third-order valence-corrected chi connectivity index (χ3v) is 7.62. The average Bonchev–Trinajstić information content (AvgIpc) is 3.14. The summed E-state index contributed by atoms with van der Waals surface area (Å²) in [6.45, 7) is 1.88. The number of rotatable bonds is 3. The van der Waals surface area contributed by atoms with Crippen molar-refractivity contribution in [1.82, 2.24) is 9.88 Å². The van der Waals surface area contributed by atoms with Crippen LogP contribution in [0.25, 0.3) is 10.9 Å². The number of hydrogen-bond acceptors (Lipinski definition) is 6. The van der Waals surface area contributed by atoms with Crippen LogP contribution in [0, 0.1) is 17.8 Å². The minimum Gasteiger partial charge on any atom is -0.497 e. The molecule has 0 radical (unpaired) electrons. The molecule has 1 aliphatic carbocycles. The summed E-state index contributed by atoms with van der Waals surface area (Å²) in [7, 11) is 4.68. The number of aromatic amines is 1. The number of carbonyl (C=O) groups excluding carboxylic acids is 1. The fourth-order valence-electron chi connectivity index (χ4n) is 6.27. The quantitative estimate of drug-likeness (QED) is 0.750. The molecule has 0 spiro atoms. The highest BCUT2D eigenvalue weighted by molar-refractivity contribution is 5.86. The van der Waals surface area contributed by atoms with Crippen LogP contribution in [0.2, 0.25) is 0 Å². The summed E-state index contributed by atoms with van der Waals surface area (Å²) in [6.07, 6.45) is 1.36. The van der Waals surface area contributed by atoms with Gasteiger partial charge in [-0.05, 0) is 48.8 Å². The number of fused-ring (bicyclic) bond motifs is 6. The van der Waals surface area contributed by atoms with Gasteiger partial charge in [-0.2, -0.15) is 0 Å². The maximum absolute atomic E-state index is 12.7. The van der Waals surface area contributed by atoms with Crippen LogP contribution in [-0.4, -0.2) is 67.6 Å². The first-order chi connectivity index (χ1) is 14.5. The zero-order chi connectivity index (χ0) is 21.0. The van der Waals surface area contributed by atoms with Gasteiger partial charge in [-0.3, -0.25) is 9.69 Å². The van der Waals surface area contributed by atoms with Gasteiger partial charge in [0, 0.05) is 42.9 Å². The zero-order valence-corrected chi connectivity index (χ0v) is 17.8. The summed E-state index contributed by atoms with van der Waals surface area (Å²) < 4.78 is 16.1. The van der Waals surface area contributed by atoms with Crippen molar-refractivity contribution < 1.29 is 24.1 Å². The Bertz CT molecular complexity index is 956. The van der Waals surface area contributed by atoms with E-state index in [1.807, 2.05) is 6.07 Å². The fraction of sp³-hybridized carbons (Fsp3) is 0.609. The van der Waals surface area contributed by atoms with Crippen LogP contribution >= 0.6 is 0 Å². The summed E-state index contributed by atoms with van der Waals surface area (Å²) in [5, 5.41) is 11.9. The molecule has 162 valence electrons. The predicted molar refractivity (Wildman–Crippen MR) is 111 cm³/mol. The Morgan fingerprint density at radius 1 is 1.23 bits per heavy atom. The second-order valence-electron chi connectivity index (χ2n) is 8.90. The lowest BCUT2D eigenvalue weighted by Crippen LogP contribution is -2.57. The summed E-state index contributed by atoms with van der Waals surface area (Å²) in [5.74, 6) is 0.514. The SMILES string of the molecule is COC(=O)[C@H]1[C@@H]2C[C@@H]3c4[nH]c5cc(OC)ccc5c4CCN3C[C@@H]2C[C@@H](O)[C@@H]1OC. The maximum Gasteiger partial charge on any atom is 0.311 e. The standard InChI is InChI=1S/C23H30N2O5/c1-28-13-4-5-14-15-6-7-25-11-12-8-19(26)22(29-2)20(23(27)30-3)16(12)10-18(25)21(15)24-17(14)9-13/h4-5,9,12,16,18-20,22,24,26H,6-8,10-11H2,1-3H3/t12-,16+,18+,19+,20-,22-/m0/s1. The van der Waals surface area contributed by atoms with Gasteiger partial charge < -0.3 is 24.3 Å². The molecular formula is C23H30N2O5. The number of nitrogens with zero attached hydrogens (tertiary/aromatic N) is 1. The minimum absolute atomic E-state index is 0.124. The van der Waals surface area contributed by atoms with Crippen molar-refractivity contribution in [1.29, 1.82) is 0 Å². The molecule has 1 aromatic carbocycles. The molecular weight excluding hydrogens is 384 g/mol. The fourth-order valence-corrected chi connectivity index (χ4v) is 6.27. The van der Waals surface area contributed by atoms with Gasteiger partial charge in [0.25, 0.3) is 0 Å². The zero-order valence-electron chi connectivity index (χ0n) is 17.8. The van der Waals surface area contributed by atoms with Crippen LogP contribution < -0.4 is 4.74 Å². The van der Waals surface area contributed by atoms with E-state index in [-0.39, 0.29) is 23.8 Å². The van der Waals surface area contributed by atoms with E-state index in [0.717, 1.165) is 37.2 Å². The van der Waals surface area contributed by atoms with Crippen molar-refractivity contribution in [3.05, 3.63) is 29.5 Å². The largest absolute Gasteiger partial charge is 0.497 e. The number of H-pyrrole nitrogens is 1. The van der Waals surface area contributed by atoms with Gasteiger partial charge >= 0.3 is 5.97 Å². The van der Waals surface area contributed by atoms with E-state index in [4.69, 9.17) is 14.2 Å². The molecule has 3 heterocycles. The van der Waals surface area contributed by atoms with Gasteiger partial charge in [-0.25, -0.2) is 0 Å². The number of piperidine rings is 1. The number of esters is 1. The van der Waals surface area contributed by atoms with Crippen LogP contribution in [0.4, 0.5) is 0 Å². The Kier molecular flexibility index (Phi) is 5.00. The smallest absolute Gasteiger partial charge is 0.311 e. The van der Waals surface area contributed by atoms with Crippen LogP contribution in [-0.2, 0) is 20.7 Å². The average molecular weight is 415 g/mol. The highest BCUT2D eigenvalue weighted by Crippen LogP contribution is 2.50. The van der Waals surface area contributed by atoms with Gasteiger partial charge in [0.2, 0.25) is 0 Å². The Labute approximate surface area is 176 Å². The number of methoxy groups -OCH3 is 3. The van der Waals surface area contributed by atoms with E-state index in [9.17, 15) is 9.90 Å². The van der Waals surface area contributed by atoms with E-state index in [1.165, 1.54) is 23.8 Å². The third-order valence-electron chi connectivity index (χ3n) is 7.62. The van der Waals surface area contributed by atoms with Gasteiger partial charge in [0.05, 0.1) is 38.4 Å². The van der Waals surface area contributed by atoms with Gasteiger partial charge in [-0.1, -0.05) is 0 Å². The molecule has 7 heteroatoms. The summed E-state index contributed by atoms with van der Waals surface area (Å²) in [4.78, 5) is 18.9. The molecule has 0 bridgehead atoms. The van der Waals surface area contributed by atoms with Crippen LogP contribution in [0.3, 0.4) is 0 Å². The predicted octanol–water partition coefficient (Wildman–Crippen LogP) is 2.28. The number of carbonyl (C=O) groups is 1. The molecule has 1 aromatic heterocycles. The molecule has 7 nitrogen and oxygen atoms in total. The number of hydrogen-bond donors (Lipinski definition) is 2. The number of aliphatic hydroxyl groups excluding tert-OH is 1. The lowest BCUT2D eigenvalue weighted by atomic mass is 9.64. The summed E-state index contributed by atoms with van der Waals surface area (Å²) in [6, 6.07) is 6.44. The lowest BCUT2D eigenvalue weighted by molar-refractivity contribution is -0.175. The third kappa shape index (κ3) is 2.94. The molecule has 2 aliphatic heterocycles. The van der Waals surface area contributed by atoms with Crippen molar-refractivity contribution in [2.45, 2.75) is 37.5 Å². The highest BCUT2D eigenvalue weighted by Gasteiger charge is 2.53. The van der Waals surface area contributed by atoms with Crippen LogP contribution in [0.1, 0.15) is 30.1 Å². The number of benzene rings is 1. The Morgan fingerprint density at radius 2 is 2.07 bits per heavy atom. The molecule has 2 N–H and O–H groups in total. The van der Waals surface area contributed by atoms with E-state index >= 15 is 0 Å². The maximum atomic E-state index is 12.7. The number of aromatic nitrogens is 1. The Hall–Kier alpha value is -2.09. The van der Waals surface area contributed by atoms with Crippen molar-refractivity contribution in [2.24, 2.45) is 17.8 Å². The molecule has 2 fully saturated rings. The first-order valence-electron chi connectivity index (χ1n) is 10.8. The molecule has 5 rings (SSSR count). The molecule has 0 unspecified atom stereocenters. The van der Waals surface area contributed by atoms with Crippen LogP contribution in [0.15, 0.2) is 18.2 Å². The topological polar surface area (TPSA) is 84.0 Å². The monoisotopic (exact) mass is 414 g/mol. The normalized spacial score (nSPS) is 33.5. The van der Waals surface area contributed by atoms with E-state index < -0.39 is 18.1 Å². The molecule has 6 atom stereocenters. The second-order valence-corrected chi connectivity index (χ2v) is 8.90. The van der Waals surface area contributed by atoms with Gasteiger partial charge in [0.1, 0.15) is 5.75 Å². The van der Waals surface area contributed by atoms with Crippen LogP contribution in [0.5, 0.6) is 5.75 Å². The van der Waals surface area contributed by atoms with Crippen molar-refractivity contribution in [2.75, 3.05) is 34.4 Å². The van der Waals surface area contributed by atoms with E-state index in [2.05, 4.69) is 22.0 Å². The summed E-state index contributed by atoms with van der Waals surface area (Å²) >= 11 is 0. The second kappa shape index (κ2) is 7.55. The molecule has 3 aliphatic rings. The Balaban J connectivity index is 1.52. The minimum atomic E-state index is -0.641. The molecule has 0 amide bonds. The van der Waals surface area contributed by atoms with Gasteiger partial charge in [-0.15, -0.1) is 0 Å². The molecule has 2 aromatic rings.